The summed E-state index contributed by atoms with van der Waals surface area (Å²) in [5, 5.41) is 9.55. The number of allylic oxidation sites excluding steroid dienone is 3. The largest absolute Gasteiger partial charge is 0.386 e. The van der Waals surface area contributed by atoms with Crippen LogP contribution in [0.3, 0.4) is 0 Å². The smallest absolute Gasteiger partial charge is 0.0836 e. The van der Waals surface area contributed by atoms with E-state index in [-0.39, 0.29) is 0 Å². The number of hydrogen-bond acceptors (Lipinski definition) is 1. The second kappa shape index (κ2) is 4.91. The molecule has 0 heterocycles. The van der Waals surface area contributed by atoms with Crippen molar-refractivity contribution in [3.8, 4) is 0 Å². The third-order valence-corrected chi connectivity index (χ3v) is 1.32. The highest BCUT2D eigenvalue weighted by molar-refractivity contribution is 5.09. The first-order chi connectivity index (χ1) is 5.12. The van der Waals surface area contributed by atoms with Gasteiger partial charge in [0.1, 0.15) is 0 Å². The average Bonchev–Trinajstić information content (AvgIpc) is 1.87. The Hall–Kier alpha value is -0.820. The van der Waals surface area contributed by atoms with E-state index in [9.17, 15) is 5.11 Å². The van der Waals surface area contributed by atoms with Crippen molar-refractivity contribution < 1.29 is 5.11 Å². The van der Waals surface area contributed by atoms with Crippen LogP contribution in [0.5, 0.6) is 0 Å². The van der Waals surface area contributed by atoms with Gasteiger partial charge in [-0.05, 0) is 20.3 Å². The Balaban J connectivity index is 3.98. The molecule has 1 N–H and O–H groups in total. The number of aliphatic hydroxyl groups is 1. The molecule has 0 radical (unpaired) electrons. The summed E-state index contributed by atoms with van der Waals surface area (Å²) in [5.74, 6) is 0. The molecule has 1 nitrogen and oxygen atoms in total. The average molecular weight is 152 g/mol. The van der Waals surface area contributed by atoms with Gasteiger partial charge in [-0.2, -0.15) is 0 Å². The Kier molecular flexibility index (Phi) is 4.55. The van der Waals surface area contributed by atoms with Crippen molar-refractivity contribution in [2.75, 3.05) is 0 Å². The predicted octanol–water partition coefficient (Wildman–Crippen LogP) is 2.45. The summed E-state index contributed by atoms with van der Waals surface area (Å²) in [6, 6.07) is 0. The van der Waals surface area contributed by atoms with Gasteiger partial charge in [0.05, 0.1) is 5.60 Å². The van der Waals surface area contributed by atoms with Gasteiger partial charge >= 0.3 is 0 Å². The Morgan fingerprint density at radius 2 is 2.09 bits per heavy atom. The zero-order valence-electron chi connectivity index (χ0n) is 7.25. The minimum Gasteiger partial charge on any atom is -0.386 e. The molecule has 0 aromatic carbocycles. The fraction of sp³-hybridized carbons (Fsp3) is 0.400. The first-order valence-electron chi connectivity index (χ1n) is 3.76. The van der Waals surface area contributed by atoms with Gasteiger partial charge in [-0.1, -0.05) is 30.4 Å². The van der Waals surface area contributed by atoms with Crippen LogP contribution in [0.25, 0.3) is 0 Å². The zero-order valence-corrected chi connectivity index (χ0v) is 7.25. The molecule has 0 aliphatic rings. The second-order valence-electron chi connectivity index (χ2n) is 2.73. The molecule has 0 saturated heterocycles. The second-order valence-corrected chi connectivity index (χ2v) is 2.73. The van der Waals surface area contributed by atoms with E-state index in [0.717, 1.165) is 0 Å². The molecule has 0 fully saturated rings. The molecule has 1 unspecified atom stereocenters. The van der Waals surface area contributed by atoms with Crippen LogP contribution in [-0.2, 0) is 0 Å². The van der Waals surface area contributed by atoms with E-state index in [1.807, 2.05) is 25.2 Å². The Morgan fingerprint density at radius 1 is 1.45 bits per heavy atom. The summed E-state index contributed by atoms with van der Waals surface area (Å²) < 4.78 is 0. The molecule has 11 heavy (non-hydrogen) atoms. The fourth-order valence-corrected chi connectivity index (χ4v) is 0.734. The maximum Gasteiger partial charge on any atom is 0.0836 e. The van der Waals surface area contributed by atoms with Gasteiger partial charge in [0.2, 0.25) is 0 Å². The SMILES string of the molecule is C=CCC(C)(O)/C=C/C=C/C. The molecule has 0 aromatic heterocycles. The van der Waals surface area contributed by atoms with Crippen molar-refractivity contribution in [2.45, 2.75) is 25.9 Å². The van der Waals surface area contributed by atoms with Crippen molar-refractivity contribution in [3.63, 3.8) is 0 Å². The summed E-state index contributed by atoms with van der Waals surface area (Å²) in [7, 11) is 0. The normalized spacial score (nSPS) is 17.4. The fourth-order valence-electron chi connectivity index (χ4n) is 0.734. The van der Waals surface area contributed by atoms with Crippen molar-refractivity contribution in [1.82, 2.24) is 0 Å². The Bertz CT molecular complexity index is 164. The van der Waals surface area contributed by atoms with Crippen LogP contribution in [0.2, 0.25) is 0 Å². The maximum absolute atomic E-state index is 9.55. The molecular weight excluding hydrogens is 136 g/mol. The van der Waals surface area contributed by atoms with E-state index in [0.29, 0.717) is 6.42 Å². The van der Waals surface area contributed by atoms with Gasteiger partial charge in [-0.25, -0.2) is 0 Å². The van der Waals surface area contributed by atoms with Gasteiger partial charge in [-0.15, -0.1) is 6.58 Å². The third-order valence-electron chi connectivity index (χ3n) is 1.32. The lowest BCUT2D eigenvalue weighted by Gasteiger charge is -2.15. The Labute approximate surface area is 68.7 Å². The number of hydrogen-bond donors (Lipinski definition) is 1. The predicted molar refractivity (Wildman–Crippen MR) is 49.4 cm³/mol. The highest BCUT2D eigenvalue weighted by atomic mass is 16.3. The van der Waals surface area contributed by atoms with Gasteiger partial charge < -0.3 is 5.11 Å². The highest BCUT2D eigenvalue weighted by Crippen LogP contribution is 2.10. The standard InChI is InChI=1S/C10H16O/c1-4-6-7-9-10(3,11)8-5-2/h4-7,9,11H,2,8H2,1,3H3/b6-4+,9-7+. The molecule has 0 amide bonds. The molecule has 1 atom stereocenters. The molecular formula is C10H16O. The monoisotopic (exact) mass is 152 g/mol. The lowest BCUT2D eigenvalue weighted by Crippen LogP contribution is -2.18. The summed E-state index contributed by atoms with van der Waals surface area (Å²) in [6.07, 6.45) is 9.69. The molecule has 0 bridgehead atoms. The zero-order chi connectivity index (χ0) is 8.74. The van der Waals surface area contributed by atoms with E-state index >= 15 is 0 Å². The van der Waals surface area contributed by atoms with Crippen LogP contribution in [0.4, 0.5) is 0 Å². The minimum absolute atomic E-state index is 0.584. The van der Waals surface area contributed by atoms with Crippen molar-refractivity contribution in [2.24, 2.45) is 0 Å². The van der Waals surface area contributed by atoms with E-state index in [4.69, 9.17) is 0 Å². The lowest BCUT2D eigenvalue weighted by atomic mass is 10.0. The molecule has 0 aromatic rings. The van der Waals surface area contributed by atoms with E-state index in [1.54, 1.807) is 19.1 Å². The van der Waals surface area contributed by atoms with Crippen LogP contribution in [0.1, 0.15) is 20.3 Å². The Morgan fingerprint density at radius 3 is 2.55 bits per heavy atom. The maximum atomic E-state index is 9.55. The first kappa shape index (κ1) is 10.2. The summed E-state index contributed by atoms with van der Waals surface area (Å²) in [4.78, 5) is 0. The first-order valence-corrected chi connectivity index (χ1v) is 3.76. The quantitative estimate of drug-likeness (QED) is 0.484. The molecule has 0 rings (SSSR count). The van der Waals surface area contributed by atoms with Gasteiger partial charge in [0.15, 0.2) is 0 Å². The summed E-state index contributed by atoms with van der Waals surface area (Å²) in [5.41, 5.74) is -0.749. The van der Waals surface area contributed by atoms with Crippen LogP contribution in [0.15, 0.2) is 37.0 Å². The topological polar surface area (TPSA) is 20.2 Å². The van der Waals surface area contributed by atoms with Gasteiger partial charge in [0.25, 0.3) is 0 Å². The van der Waals surface area contributed by atoms with Crippen LogP contribution >= 0.6 is 0 Å². The molecule has 1 heteroatoms. The summed E-state index contributed by atoms with van der Waals surface area (Å²) in [6.45, 7) is 7.26. The molecule has 0 aliphatic carbocycles. The van der Waals surface area contributed by atoms with E-state index in [2.05, 4.69) is 6.58 Å². The third kappa shape index (κ3) is 5.62. The molecule has 0 aliphatic heterocycles. The van der Waals surface area contributed by atoms with Crippen molar-refractivity contribution in [1.29, 1.82) is 0 Å². The van der Waals surface area contributed by atoms with Crippen molar-refractivity contribution in [3.05, 3.63) is 37.0 Å². The molecule has 62 valence electrons. The van der Waals surface area contributed by atoms with E-state index in [1.165, 1.54) is 0 Å². The van der Waals surface area contributed by atoms with Crippen LogP contribution < -0.4 is 0 Å². The molecule has 0 saturated carbocycles. The van der Waals surface area contributed by atoms with Gasteiger partial charge in [-0.3, -0.25) is 0 Å². The summed E-state index contributed by atoms with van der Waals surface area (Å²) >= 11 is 0. The minimum atomic E-state index is -0.749. The van der Waals surface area contributed by atoms with E-state index < -0.39 is 5.60 Å². The highest BCUT2D eigenvalue weighted by Gasteiger charge is 2.11. The van der Waals surface area contributed by atoms with Crippen molar-refractivity contribution >= 4 is 0 Å². The van der Waals surface area contributed by atoms with Crippen LogP contribution in [-0.4, -0.2) is 10.7 Å². The van der Waals surface area contributed by atoms with Crippen LogP contribution in [0, 0.1) is 0 Å². The lowest BCUT2D eigenvalue weighted by molar-refractivity contribution is 0.115. The van der Waals surface area contributed by atoms with Gasteiger partial charge in [0, 0.05) is 0 Å². The number of rotatable bonds is 4. The molecule has 0 spiro atoms.